The van der Waals surface area contributed by atoms with E-state index >= 15 is 0 Å². The summed E-state index contributed by atoms with van der Waals surface area (Å²) in [5.41, 5.74) is 2.46. The second-order valence-electron chi connectivity index (χ2n) is 3.67. The largest absolute Gasteiger partial charge is 0.493 e. The van der Waals surface area contributed by atoms with Gasteiger partial charge in [-0.1, -0.05) is 22.0 Å². The summed E-state index contributed by atoms with van der Waals surface area (Å²) in [5.74, 6) is 0.882. The number of hydrogen-bond acceptors (Lipinski definition) is 2. The molecule has 5 heteroatoms. The van der Waals surface area contributed by atoms with Crippen molar-refractivity contribution in [1.82, 2.24) is 0 Å². The van der Waals surface area contributed by atoms with E-state index in [1.165, 1.54) is 11.1 Å². The van der Waals surface area contributed by atoms with E-state index in [1.807, 2.05) is 13.0 Å². The van der Waals surface area contributed by atoms with Crippen LogP contribution in [0.25, 0.3) is 0 Å². The van der Waals surface area contributed by atoms with Crippen LogP contribution in [0.15, 0.2) is 37.9 Å². The van der Waals surface area contributed by atoms with Crippen LogP contribution < -0.4 is 4.74 Å². The maximum atomic E-state index is 5.51. The van der Waals surface area contributed by atoms with Crippen molar-refractivity contribution < 1.29 is 4.74 Å². The number of rotatable bonds is 4. The fraction of sp³-hybridized carbons (Fsp3) is 0.231. The number of thiophene rings is 1. The van der Waals surface area contributed by atoms with Gasteiger partial charge in [0.25, 0.3) is 0 Å². The molecule has 1 aromatic carbocycles. The van der Waals surface area contributed by atoms with Gasteiger partial charge in [-0.25, -0.2) is 0 Å². The third-order valence-electron chi connectivity index (χ3n) is 2.43. The minimum absolute atomic E-state index is 0.201. The molecule has 2 aromatic rings. The van der Waals surface area contributed by atoms with E-state index in [0.717, 1.165) is 14.0 Å². The summed E-state index contributed by atoms with van der Waals surface area (Å²) in [5, 5.41) is 2.15. The molecule has 1 heterocycles. The van der Waals surface area contributed by atoms with Gasteiger partial charge in [-0.3, -0.25) is 0 Å². The van der Waals surface area contributed by atoms with Crippen molar-refractivity contribution in [3.05, 3.63) is 49.0 Å². The lowest BCUT2D eigenvalue weighted by molar-refractivity contribution is 0.338. The van der Waals surface area contributed by atoms with Crippen LogP contribution in [0.5, 0.6) is 5.75 Å². The number of alkyl halides is 1. The Morgan fingerprint density at radius 2 is 2.00 bits per heavy atom. The molecule has 0 aliphatic carbocycles. The Bertz CT molecular complexity index is 539. The summed E-state index contributed by atoms with van der Waals surface area (Å²) >= 11 is 12.5. The van der Waals surface area contributed by atoms with Crippen molar-refractivity contribution in [3.8, 4) is 5.75 Å². The minimum atomic E-state index is 0.201. The van der Waals surface area contributed by atoms with E-state index in [0.29, 0.717) is 6.61 Å². The van der Waals surface area contributed by atoms with E-state index < -0.39 is 0 Å². The van der Waals surface area contributed by atoms with Crippen molar-refractivity contribution in [2.45, 2.75) is 11.8 Å². The fourth-order valence-corrected chi connectivity index (χ4v) is 4.03. The van der Waals surface area contributed by atoms with Gasteiger partial charge in [0.15, 0.2) is 0 Å². The molecule has 0 saturated heterocycles. The molecule has 0 N–H and O–H groups in total. The summed E-state index contributed by atoms with van der Waals surface area (Å²) < 4.78 is 7.65. The lowest BCUT2D eigenvalue weighted by atomic mass is 10.1. The van der Waals surface area contributed by atoms with Crippen LogP contribution in [0.2, 0.25) is 0 Å². The molecule has 0 amide bonds. The standard InChI is InChI=1S/C13H11Br3OS/c1-2-17-11-4-3-8(5-10(11)14)13(16)9-6-12(15)18-7-9/h3-7,13H,2H2,1H3. The van der Waals surface area contributed by atoms with Gasteiger partial charge < -0.3 is 4.74 Å². The van der Waals surface area contributed by atoms with Crippen LogP contribution in [0, 0.1) is 0 Å². The Kier molecular flexibility index (Phi) is 5.30. The molecule has 0 radical (unpaired) electrons. The SMILES string of the molecule is CCOc1ccc(C(Br)c2csc(Br)c2)cc1Br. The second kappa shape index (κ2) is 6.55. The second-order valence-corrected chi connectivity index (χ2v) is 7.73. The number of ether oxygens (including phenoxy) is 1. The smallest absolute Gasteiger partial charge is 0.133 e. The minimum Gasteiger partial charge on any atom is -0.493 e. The first-order valence-corrected chi connectivity index (χ1v) is 8.80. The first kappa shape index (κ1) is 14.6. The molecule has 0 aliphatic heterocycles. The normalized spacial score (nSPS) is 12.4. The van der Waals surface area contributed by atoms with Crippen molar-refractivity contribution >= 4 is 59.1 Å². The van der Waals surface area contributed by atoms with Gasteiger partial charge in [0, 0.05) is 0 Å². The van der Waals surface area contributed by atoms with Crippen LogP contribution in [-0.2, 0) is 0 Å². The molecular formula is C13H11Br3OS. The Morgan fingerprint density at radius 3 is 2.56 bits per heavy atom. The monoisotopic (exact) mass is 452 g/mol. The van der Waals surface area contributed by atoms with Gasteiger partial charge in [0.05, 0.1) is 19.7 Å². The molecule has 96 valence electrons. The van der Waals surface area contributed by atoms with Gasteiger partial charge in [-0.2, -0.15) is 0 Å². The molecule has 1 unspecified atom stereocenters. The van der Waals surface area contributed by atoms with E-state index in [9.17, 15) is 0 Å². The Morgan fingerprint density at radius 1 is 1.22 bits per heavy atom. The van der Waals surface area contributed by atoms with E-state index in [2.05, 4.69) is 71.4 Å². The van der Waals surface area contributed by atoms with Crippen LogP contribution >= 0.6 is 59.1 Å². The highest BCUT2D eigenvalue weighted by Gasteiger charge is 2.13. The van der Waals surface area contributed by atoms with Crippen LogP contribution in [0.4, 0.5) is 0 Å². The molecule has 1 atom stereocenters. The first-order chi connectivity index (χ1) is 8.61. The van der Waals surface area contributed by atoms with Gasteiger partial charge in [0.2, 0.25) is 0 Å². The van der Waals surface area contributed by atoms with E-state index in [1.54, 1.807) is 11.3 Å². The van der Waals surface area contributed by atoms with Crippen molar-refractivity contribution in [1.29, 1.82) is 0 Å². The highest BCUT2D eigenvalue weighted by atomic mass is 79.9. The predicted molar refractivity (Wildman–Crippen MR) is 88.1 cm³/mol. The molecule has 18 heavy (non-hydrogen) atoms. The Hall–Kier alpha value is 0.160. The van der Waals surface area contributed by atoms with Gasteiger partial charge in [0.1, 0.15) is 5.75 Å². The molecule has 0 spiro atoms. The number of halogens is 3. The molecule has 2 rings (SSSR count). The molecule has 0 aliphatic rings. The third-order valence-corrected chi connectivity index (χ3v) is 5.63. The maximum absolute atomic E-state index is 5.51. The topological polar surface area (TPSA) is 9.23 Å². The van der Waals surface area contributed by atoms with Gasteiger partial charge >= 0.3 is 0 Å². The summed E-state index contributed by atoms with van der Waals surface area (Å²) in [6, 6.07) is 8.31. The van der Waals surface area contributed by atoms with Crippen molar-refractivity contribution in [2.75, 3.05) is 6.61 Å². The maximum Gasteiger partial charge on any atom is 0.133 e. The van der Waals surface area contributed by atoms with Crippen LogP contribution in [-0.4, -0.2) is 6.61 Å². The van der Waals surface area contributed by atoms with E-state index in [-0.39, 0.29) is 4.83 Å². The lowest BCUT2D eigenvalue weighted by Crippen LogP contribution is -1.95. The summed E-state index contributed by atoms with van der Waals surface area (Å²) in [6.45, 7) is 2.66. The number of benzene rings is 1. The highest BCUT2D eigenvalue weighted by Crippen LogP contribution is 2.37. The van der Waals surface area contributed by atoms with E-state index in [4.69, 9.17) is 4.74 Å². The van der Waals surface area contributed by atoms with Crippen LogP contribution in [0.3, 0.4) is 0 Å². The van der Waals surface area contributed by atoms with Crippen molar-refractivity contribution in [3.63, 3.8) is 0 Å². The zero-order valence-electron chi connectivity index (χ0n) is 9.62. The summed E-state index contributed by atoms with van der Waals surface area (Å²) in [6.07, 6.45) is 0. The highest BCUT2D eigenvalue weighted by molar-refractivity contribution is 9.11. The molecule has 0 bridgehead atoms. The van der Waals surface area contributed by atoms with Crippen molar-refractivity contribution in [2.24, 2.45) is 0 Å². The van der Waals surface area contributed by atoms with Crippen LogP contribution in [0.1, 0.15) is 22.9 Å². The average molecular weight is 455 g/mol. The Balaban J connectivity index is 2.26. The number of hydrogen-bond donors (Lipinski definition) is 0. The quantitative estimate of drug-likeness (QED) is 0.503. The zero-order chi connectivity index (χ0) is 13.1. The summed E-state index contributed by atoms with van der Waals surface area (Å²) in [7, 11) is 0. The molecule has 0 fully saturated rings. The fourth-order valence-electron chi connectivity index (χ4n) is 1.60. The Labute approximate surface area is 136 Å². The summed E-state index contributed by atoms with van der Waals surface area (Å²) in [4.78, 5) is 0.201. The predicted octanol–water partition coefficient (Wildman–Crippen LogP) is 6.16. The lowest BCUT2D eigenvalue weighted by Gasteiger charge is -2.11. The molecule has 0 saturated carbocycles. The zero-order valence-corrected chi connectivity index (χ0v) is 15.2. The molecule has 1 nitrogen and oxygen atoms in total. The van der Waals surface area contributed by atoms with Gasteiger partial charge in [-0.05, 0) is 73.5 Å². The average Bonchev–Trinajstić information content (AvgIpc) is 2.78. The first-order valence-electron chi connectivity index (χ1n) is 5.42. The molecular weight excluding hydrogens is 444 g/mol. The third kappa shape index (κ3) is 3.38. The van der Waals surface area contributed by atoms with Gasteiger partial charge in [-0.15, -0.1) is 11.3 Å². The molecule has 1 aromatic heterocycles.